The molecule has 0 saturated heterocycles. The first kappa shape index (κ1) is 21.4. The molecule has 0 spiro atoms. The largest absolute Gasteiger partial charge is 0.466 e. The van der Waals surface area contributed by atoms with Crippen LogP contribution in [0.2, 0.25) is 0 Å². The molecular weight excluding hydrogens is 314 g/mol. The third-order valence-corrected chi connectivity index (χ3v) is 4.47. The Morgan fingerprint density at radius 2 is 1.68 bits per heavy atom. The highest BCUT2D eigenvalue weighted by Gasteiger charge is 2.16. The predicted octanol–water partition coefficient (Wildman–Crippen LogP) is 4.50. The number of Topliss-reactive ketones (excluding diaryl/α,β-unsaturated/α-hetero) is 1. The zero-order valence-electron chi connectivity index (χ0n) is 16.0. The summed E-state index contributed by atoms with van der Waals surface area (Å²) in [5, 5.41) is 0. The lowest BCUT2D eigenvalue weighted by Crippen LogP contribution is -2.28. The number of nitrogens with two attached hydrogens (primary N) is 1. The quantitative estimate of drug-likeness (QED) is 0.343. The van der Waals surface area contributed by atoms with Gasteiger partial charge in [0.25, 0.3) is 0 Å². The Morgan fingerprint density at radius 1 is 1.00 bits per heavy atom. The molecule has 0 saturated carbocycles. The molecule has 0 radical (unpaired) electrons. The Kier molecular flexibility index (Phi) is 10.1. The molecule has 0 aliphatic heterocycles. The number of ketones is 1. The number of ether oxygens (including phenoxy) is 1. The van der Waals surface area contributed by atoms with Gasteiger partial charge >= 0.3 is 5.97 Å². The van der Waals surface area contributed by atoms with Crippen LogP contribution in [0.3, 0.4) is 0 Å². The van der Waals surface area contributed by atoms with Crippen LogP contribution in [0.5, 0.6) is 0 Å². The number of unbranched alkanes of at least 4 members (excludes halogenated alkanes) is 5. The van der Waals surface area contributed by atoms with Crippen molar-refractivity contribution in [2.45, 2.75) is 78.2 Å². The molecule has 0 bridgehead atoms. The van der Waals surface area contributed by atoms with Crippen molar-refractivity contribution in [3.8, 4) is 0 Å². The van der Waals surface area contributed by atoms with Crippen molar-refractivity contribution in [2.75, 3.05) is 6.61 Å². The van der Waals surface area contributed by atoms with Gasteiger partial charge in [-0.15, -0.1) is 0 Å². The van der Waals surface area contributed by atoms with E-state index in [1.54, 1.807) is 0 Å². The Labute approximate surface area is 152 Å². The Bertz CT molecular complexity index is 554. The van der Waals surface area contributed by atoms with E-state index < -0.39 is 6.04 Å². The number of carbonyl (C=O) groups excluding carboxylic acids is 2. The van der Waals surface area contributed by atoms with Crippen LogP contribution in [-0.2, 0) is 9.53 Å². The van der Waals surface area contributed by atoms with E-state index in [9.17, 15) is 9.59 Å². The highest BCUT2D eigenvalue weighted by molar-refractivity contribution is 5.96. The first-order valence-corrected chi connectivity index (χ1v) is 9.45. The average Bonchev–Trinajstić information content (AvgIpc) is 2.56. The summed E-state index contributed by atoms with van der Waals surface area (Å²) in [7, 11) is 0. The normalized spacial score (nSPS) is 12.0. The van der Waals surface area contributed by atoms with Gasteiger partial charge in [-0.3, -0.25) is 9.59 Å². The van der Waals surface area contributed by atoms with E-state index in [0.29, 0.717) is 12.2 Å². The summed E-state index contributed by atoms with van der Waals surface area (Å²) in [6, 6.07) is 5.13. The monoisotopic (exact) mass is 347 g/mol. The summed E-state index contributed by atoms with van der Waals surface area (Å²) in [6.07, 6.45) is 7.17. The average molecular weight is 347 g/mol. The molecule has 1 atom stereocenters. The topological polar surface area (TPSA) is 69.4 Å². The molecule has 2 N–H and O–H groups in total. The van der Waals surface area contributed by atoms with Gasteiger partial charge in [0, 0.05) is 18.0 Å². The van der Waals surface area contributed by atoms with E-state index >= 15 is 0 Å². The molecule has 4 nitrogen and oxygen atoms in total. The van der Waals surface area contributed by atoms with Crippen LogP contribution in [0, 0.1) is 13.8 Å². The zero-order valence-corrected chi connectivity index (χ0v) is 16.0. The smallest absolute Gasteiger partial charge is 0.307 e. The van der Waals surface area contributed by atoms with Crippen molar-refractivity contribution in [3.63, 3.8) is 0 Å². The number of hydrogen-bond donors (Lipinski definition) is 1. The first-order chi connectivity index (χ1) is 11.9. The minimum absolute atomic E-state index is 0.0284. The second-order valence-electron chi connectivity index (χ2n) is 6.88. The molecule has 25 heavy (non-hydrogen) atoms. The van der Waals surface area contributed by atoms with Crippen molar-refractivity contribution < 1.29 is 14.3 Å². The Morgan fingerprint density at radius 3 is 2.36 bits per heavy atom. The number of benzene rings is 1. The van der Waals surface area contributed by atoms with Gasteiger partial charge in [0.2, 0.25) is 0 Å². The van der Waals surface area contributed by atoms with Gasteiger partial charge in [0.05, 0.1) is 13.0 Å². The van der Waals surface area contributed by atoms with Gasteiger partial charge in [-0.1, -0.05) is 51.2 Å². The van der Waals surface area contributed by atoms with E-state index in [0.717, 1.165) is 24.0 Å². The molecule has 1 rings (SSSR count). The lowest BCUT2D eigenvalue weighted by molar-refractivity contribution is -0.144. The first-order valence-electron chi connectivity index (χ1n) is 9.45. The SMILES string of the molecule is CCCCCCCCOC(=O)CC(N)CC(=O)c1ccc(C)c(C)c1. The molecular formula is C21H33NO3. The fraction of sp³-hybridized carbons (Fsp3) is 0.619. The molecule has 0 amide bonds. The van der Waals surface area contributed by atoms with Crippen molar-refractivity contribution >= 4 is 11.8 Å². The molecule has 0 aromatic heterocycles. The second-order valence-corrected chi connectivity index (χ2v) is 6.88. The van der Waals surface area contributed by atoms with E-state index in [-0.39, 0.29) is 24.6 Å². The van der Waals surface area contributed by atoms with E-state index in [1.807, 2.05) is 32.0 Å². The summed E-state index contributed by atoms with van der Waals surface area (Å²) >= 11 is 0. The summed E-state index contributed by atoms with van der Waals surface area (Å²) in [6.45, 7) is 6.62. The number of hydrogen-bond acceptors (Lipinski definition) is 4. The van der Waals surface area contributed by atoms with Crippen LogP contribution in [0.25, 0.3) is 0 Å². The lowest BCUT2D eigenvalue weighted by atomic mass is 9.99. The molecule has 0 fully saturated rings. The van der Waals surface area contributed by atoms with Crippen LogP contribution < -0.4 is 5.73 Å². The molecule has 1 unspecified atom stereocenters. The number of esters is 1. The Balaban J connectivity index is 2.24. The predicted molar refractivity (Wildman–Crippen MR) is 102 cm³/mol. The van der Waals surface area contributed by atoms with Crippen LogP contribution in [0.1, 0.15) is 79.8 Å². The van der Waals surface area contributed by atoms with Crippen LogP contribution in [0.15, 0.2) is 18.2 Å². The van der Waals surface area contributed by atoms with Gasteiger partial charge in [-0.25, -0.2) is 0 Å². The minimum Gasteiger partial charge on any atom is -0.466 e. The summed E-state index contributed by atoms with van der Waals surface area (Å²) < 4.78 is 5.21. The third-order valence-electron chi connectivity index (χ3n) is 4.47. The standard InChI is InChI=1S/C21H33NO3/c1-4-5-6-7-8-9-12-25-21(24)15-19(22)14-20(23)18-11-10-16(2)17(3)13-18/h10-11,13,19H,4-9,12,14-15,22H2,1-3H3. The maximum absolute atomic E-state index is 12.3. The molecule has 0 aliphatic rings. The fourth-order valence-corrected chi connectivity index (χ4v) is 2.68. The summed E-state index contributed by atoms with van der Waals surface area (Å²) in [5.74, 6) is -0.340. The zero-order chi connectivity index (χ0) is 18.7. The molecule has 140 valence electrons. The number of rotatable bonds is 12. The van der Waals surface area contributed by atoms with Gasteiger partial charge in [0.15, 0.2) is 5.78 Å². The van der Waals surface area contributed by atoms with Gasteiger partial charge in [-0.05, 0) is 37.5 Å². The molecule has 0 aliphatic carbocycles. The molecule has 4 heteroatoms. The van der Waals surface area contributed by atoms with E-state index in [4.69, 9.17) is 10.5 Å². The number of carbonyl (C=O) groups is 2. The van der Waals surface area contributed by atoms with Crippen LogP contribution in [-0.4, -0.2) is 24.4 Å². The van der Waals surface area contributed by atoms with Crippen LogP contribution in [0.4, 0.5) is 0 Å². The Hall–Kier alpha value is -1.68. The van der Waals surface area contributed by atoms with Gasteiger partial charge in [-0.2, -0.15) is 0 Å². The molecule has 1 aromatic carbocycles. The van der Waals surface area contributed by atoms with Gasteiger partial charge < -0.3 is 10.5 Å². The summed E-state index contributed by atoms with van der Waals surface area (Å²) in [5.41, 5.74) is 8.83. The van der Waals surface area contributed by atoms with Crippen molar-refractivity contribution in [1.82, 2.24) is 0 Å². The fourth-order valence-electron chi connectivity index (χ4n) is 2.68. The number of aryl methyl sites for hydroxylation is 2. The maximum Gasteiger partial charge on any atom is 0.307 e. The third kappa shape index (κ3) is 8.82. The highest BCUT2D eigenvalue weighted by atomic mass is 16.5. The van der Waals surface area contributed by atoms with Crippen molar-refractivity contribution in [2.24, 2.45) is 5.73 Å². The minimum atomic E-state index is -0.494. The highest BCUT2D eigenvalue weighted by Crippen LogP contribution is 2.13. The molecule has 1 aromatic rings. The van der Waals surface area contributed by atoms with Gasteiger partial charge in [0.1, 0.15) is 0 Å². The lowest BCUT2D eigenvalue weighted by Gasteiger charge is -2.11. The van der Waals surface area contributed by atoms with Crippen LogP contribution >= 0.6 is 0 Å². The second kappa shape index (κ2) is 11.8. The van der Waals surface area contributed by atoms with E-state index in [2.05, 4.69) is 6.92 Å². The van der Waals surface area contributed by atoms with Crippen molar-refractivity contribution in [3.05, 3.63) is 34.9 Å². The molecule has 0 heterocycles. The summed E-state index contributed by atoms with van der Waals surface area (Å²) in [4.78, 5) is 24.0. The van der Waals surface area contributed by atoms with E-state index in [1.165, 1.54) is 25.7 Å². The maximum atomic E-state index is 12.3. The van der Waals surface area contributed by atoms with Crippen molar-refractivity contribution in [1.29, 1.82) is 0 Å².